The van der Waals surface area contributed by atoms with E-state index in [1.807, 2.05) is 11.9 Å². The van der Waals surface area contributed by atoms with Crippen molar-refractivity contribution < 1.29 is 17.9 Å². The third kappa shape index (κ3) is 10.1. The highest BCUT2D eigenvalue weighted by molar-refractivity contribution is 7.97. The molecule has 0 spiro atoms. The molecule has 248 valence electrons. The zero-order valence-corrected chi connectivity index (χ0v) is 29.1. The molecule has 0 saturated carbocycles. The summed E-state index contributed by atoms with van der Waals surface area (Å²) in [6.07, 6.45) is -1.57. The average molecular weight is 677 g/mol. The summed E-state index contributed by atoms with van der Waals surface area (Å²) in [4.78, 5) is 2.03. The van der Waals surface area contributed by atoms with Gasteiger partial charge in [0.15, 0.2) is 0 Å². The van der Waals surface area contributed by atoms with Gasteiger partial charge in [0.1, 0.15) is 5.75 Å². The van der Waals surface area contributed by atoms with E-state index >= 15 is 0 Å². The molecule has 1 heterocycles. The first kappa shape index (κ1) is 35.0. The summed E-state index contributed by atoms with van der Waals surface area (Å²) in [7, 11) is 0. The van der Waals surface area contributed by atoms with E-state index in [2.05, 4.69) is 121 Å². The molecule has 0 bridgehead atoms. The van der Waals surface area contributed by atoms with Crippen LogP contribution in [0.4, 0.5) is 13.2 Å². The first-order chi connectivity index (χ1) is 22.3. The second-order valence-electron chi connectivity index (χ2n) is 13.1. The molecule has 3 nitrogen and oxygen atoms in total. The Hall–Kier alpha value is -3.33. The van der Waals surface area contributed by atoms with Crippen LogP contribution in [0.25, 0.3) is 11.1 Å². The van der Waals surface area contributed by atoms with Crippen molar-refractivity contribution in [3.8, 4) is 16.9 Å². The van der Waals surface area contributed by atoms with Gasteiger partial charge >= 0.3 is 6.36 Å². The number of halogens is 3. The van der Waals surface area contributed by atoms with Crippen LogP contribution < -0.4 is 9.46 Å². The normalized spacial score (nSPS) is 15.9. The molecule has 0 amide bonds. The number of allylic oxidation sites excluding steroid dienone is 1. The number of alkyl halides is 3. The Morgan fingerprint density at radius 3 is 2.34 bits per heavy atom. The van der Waals surface area contributed by atoms with Crippen molar-refractivity contribution in [2.75, 3.05) is 13.1 Å². The lowest BCUT2D eigenvalue weighted by atomic mass is 9.82. The van der Waals surface area contributed by atoms with E-state index in [4.69, 9.17) is 0 Å². The van der Waals surface area contributed by atoms with E-state index in [9.17, 15) is 13.2 Å². The van der Waals surface area contributed by atoms with E-state index in [0.717, 1.165) is 36.5 Å². The molecular weight excluding hydrogens is 634 g/mol. The number of rotatable bonds is 12. The molecule has 8 heteroatoms. The Bertz CT molecular complexity index is 1640. The topological polar surface area (TPSA) is 24.5 Å². The summed E-state index contributed by atoms with van der Waals surface area (Å²) in [6.45, 7) is 15.1. The largest absolute Gasteiger partial charge is 0.573 e. The average Bonchev–Trinajstić information content (AvgIpc) is 3.04. The van der Waals surface area contributed by atoms with Gasteiger partial charge in [-0.15, -0.1) is 13.2 Å². The summed E-state index contributed by atoms with van der Waals surface area (Å²) in [6, 6.07) is 32.5. The third-order valence-corrected chi connectivity index (χ3v) is 10.5. The SMILES string of the molecule is C=C(NSc1ccc(OC(F)(F)F)cc1)C(C)(C)Cc1cccc(C2CCCN(Sc3cccc(-c4ccc(C(C)C)cc4)c3)C2)c1. The van der Waals surface area contributed by atoms with Crippen LogP contribution in [0.1, 0.15) is 69.1 Å². The Balaban J connectivity index is 1.17. The quantitative estimate of drug-likeness (QED) is 0.151. The van der Waals surface area contributed by atoms with Gasteiger partial charge in [-0.25, -0.2) is 4.31 Å². The van der Waals surface area contributed by atoms with E-state index in [1.165, 1.54) is 63.2 Å². The Labute approximate surface area is 286 Å². The van der Waals surface area contributed by atoms with Crippen LogP contribution in [0.2, 0.25) is 0 Å². The molecule has 4 aromatic carbocycles. The number of nitrogens with zero attached hydrogens (tertiary/aromatic N) is 1. The van der Waals surface area contributed by atoms with Crippen molar-refractivity contribution >= 4 is 23.9 Å². The summed E-state index contributed by atoms with van der Waals surface area (Å²) in [5.41, 5.74) is 7.08. The van der Waals surface area contributed by atoms with Crippen LogP contribution in [-0.4, -0.2) is 23.8 Å². The molecule has 1 saturated heterocycles. The summed E-state index contributed by atoms with van der Waals surface area (Å²) >= 11 is 3.18. The van der Waals surface area contributed by atoms with Crippen molar-refractivity contribution in [3.05, 3.63) is 126 Å². The fraction of sp³-hybridized carbons (Fsp3) is 0.333. The molecule has 0 radical (unpaired) electrons. The molecule has 4 aromatic rings. The summed E-state index contributed by atoms with van der Waals surface area (Å²) in [5.74, 6) is 0.753. The highest BCUT2D eigenvalue weighted by Crippen LogP contribution is 2.37. The first-order valence-electron chi connectivity index (χ1n) is 16.0. The fourth-order valence-corrected chi connectivity index (χ4v) is 7.66. The summed E-state index contributed by atoms with van der Waals surface area (Å²) < 4.78 is 47.2. The van der Waals surface area contributed by atoms with Crippen molar-refractivity contribution in [1.29, 1.82) is 0 Å². The Morgan fingerprint density at radius 2 is 1.64 bits per heavy atom. The van der Waals surface area contributed by atoms with Gasteiger partial charge in [0.05, 0.1) is 0 Å². The van der Waals surface area contributed by atoms with Crippen LogP contribution in [0.5, 0.6) is 5.75 Å². The van der Waals surface area contributed by atoms with Crippen LogP contribution in [-0.2, 0) is 6.42 Å². The Morgan fingerprint density at radius 1 is 0.915 bits per heavy atom. The van der Waals surface area contributed by atoms with Gasteiger partial charge in [0.25, 0.3) is 0 Å². The van der Waals surface area contributed by atoms with Crippen molar-refractivity contribution in [3.63, 3.8) is 0 Å². The molecule has 1 atom stereocenters. The lowest BCUT2D eigenvalue weighted by Crippen LogP contribution is -2.29. The van der Waals surface area contributed by atoms with Gasteiger partial charge in [-0.1, -0.05) is 94.9 Å². The molecule has 0 aliphatic carbocycles. The molecule has 1 fully saturated rings. The van der Waals surface area contributed by atoms with Gasteiger partial charge in [0, 0.05) is 34.0 Å². The molecule has 5 rings (SSSR count). The third-order valence-electron chi connectivity index (χ3n) is 8.60. The maximum atomic E-state index is 12.5. The number of ether oxygens (including phenoxy) is 1. The number of benzene rings is 4. The minimum absolute atomic E-state index is 0.238. The summed E-state index contributed by atoms with van der Waals surface area (Å²) in [5, 5.41) is 0. The molecule has 1 aliphatic heterocycles. The second kappa shape index (κ2) is 15.3. The maximum absolute atomic E-state index is 12.5. The van der Waals surface area contributed by atoms with E-state index in [1.54, 1.807) is 12.1 Å². The molecule has 47 heavy (non-hydrogen) atoms. The monoisotopic (exact) mass is 676 g/mol. The van der Waals surface area contributed by atoms with Crippen LogP contribution >= 0.6 is 23.9 Å². The predicted octanol–water partition coefficient (Wildman–Crippen LogP) is 11.6. The van der Waals surface area contributed by atoms with Crippen molar-refractivity contribution in [2.45, 2.75) is 74.9 Å². The number of hydrogen-bond donors (Lipinski definition) is 1. The highest BCUT2D eigenvalue weighted by Gasteiger charge is 2.31. The van der Waals surface area contributed by atoms with Crippen LogP contribution in [0, 0.1) is 5.41 Å². The highest BCUT2D eigenvalue weighted by atomic mass is 32.2. The first-order valence-corrected chi connectivity index (χ1v) is 17.6. The van der Waals surface area contributed by atoms with Gasteiger partial charge < -0.3 is 9.46 Å². The second-order valence-corrected chi connectivity index (χ2v) is 15.2. The van der Waals surface area contributed by atoms with Gasteiger partial charge in [0.2, 0.25) is 0 Å². The predicted molar refractivity (Wildman–Crippen MR) is 191 cm³/mol. The minimum Gasteiger partial charge on any atom is -0.406 e. The Kier molecular flexibility index (Phi) is 11.4. The number of piperidine rings is 1. The van der Waals surface area contributed by atoms with Gasteiger partial charge in [-0.3, -0.25) is 0 Å². The van der Waals surface area contributed by atoms with E-state index in [-0.39, 0.29) is 11.2 Å². The molecule has 1 aliphatic rings. The van der Waals surface area contributed by atoms with Crippen molar-refractivity contribution in [2.24, 2.45) is 5.41 Å². The van der Waals surface area contributed by atoms with Crippen LogP contribution in [0.3, 0.4) is 0 Å². The molecule has 0 aromatic heterocycles. The lowest BCUT2D eigenvalue weighted by molar-refractivity contribution is -0.274. The number of nitrogens with one attached hydrogen (secondary N) is 1. The lowest BCUT2D eigenvalue weighted by Gasteiger charge is -2.32. The van der Waals surface area contributed by atoms with Crippen LogP contribution in [0.15, 0.2) is 119 Å². The zero-order chi connectivity index (χ0) is 33.6. The maximum Gasteiger partial charge on any atom is 0.573 e. The van der Waals surface area contributed by atoms with Gasteiger partial charge in [-0.2, -0.15) is 0 Å². The molecule has 1 unspecified atom stereocenters. The standard InChI is InChI=1S/C39H43F3N2OS2/c1-27(2)30-14-16-31(17-15-30)33-11-7-13-37(24-33)47-44-22-8-12-34(26-44)32-10-6-9-29(23-32)25-38(4,5)28(3)43-46-36-20-18-35(19-21-36)45-39(40,41)42/h6-7,9-11,13-21,23-24,27,34,43H,3,8,12,22,25-26H2,1-2,4-5H3. The van der Waals surface area contributed by atoms with E-state index in [0.29, 0.717) is 11.8 Å². The van der Waals surface area contributed by atoms with Gasteiger partial charge in [-0.05, 0) is 119 Å². The molecule has 1 N–H and O–H groups in total. The number of hydrogen-bond acceptors (Lipinski definition) is 5. The van der Waals surface area contributed by atoms with E-state index < -0.39 is 6.36 Å². The smallest absolute Gasteiger partial charge is 0.406 e. The fourth-order valence-electron chi connectivity index (χ4n) is 5.78. The molecular formula is C39H43F3N2OS2. The zero-order valence-electron chi connectivity index (χ0n) is 27.4. The van der Waals surface area contributed by atoms with Crippen molar-refractivity contribution in [1.82, 2.24) is 9.03 Å². The minimum atomic E-state index is -4.70.